The Balaban J connectivity index is 3.26. The summed E-state index contributed by atoms with van der Waals surface area (Å²) in [5, 5.41) is 0. The second kappa shape index (κ2) is 6.61. The molecule has 68 valence electrons. The molecule has 0 aliphatic rings. The van der Waals surface area contributed by atoms with Gasteiger partial charge in [-0.05, 0) is 6.92 Å². The Morgan fingerprint density at radius 2 is 2.17 bits per heavy atom. The van der Waals surface area contributed by atoms with Crippen LogP contribution in [0.2, 0.25) is 0 Å². The van der Waals surface area contributed by atoms with Gasteiger partial charge in [0.15, 0.2) is 0 Å². The monoisotopic (exact) mass is 170 g/mol. The lowest BCUT2D eigenvalue weighted by molar-refractivity contribution is -0.139. The molecule has 0 aromatic rings. The number of hydrogen-bond donors (Lipinski definition) is 0. The van der Waals surface area contributed by atoms with Crippen LogP contribution in [0, 0.1) is 0 Å². The van der Waals surface area contributed by atoms with Crippen LogP contribution in [0.3, 0.4) is 0 Å². The molecular formula is C9H14O3. The summed E-state index contributed by atoms with van der Waals surface area (Å²) < 4.78 is 9.83. The SMILES string of the molecule is C=CC(=O)OCCOC(C)C=C. The average Bonchev–Trinajstić information content (AvgIpc) is 2.11. The van der Waals surface area contributed by atoms with Crippen LogP contribution in [0.25, 0.3) is 0 Å². The van der Waals surface area contributed by atoms with Crippen molar-refractivity contribution in [2.24, 2.45) is 0 Å². The normalized spacial score (nSPS) is 11.8. The number of ether oxygens (including phenoxy) is 2. The van der Waals surface area contributed by atoms with E-state index in [0.717, 1.165) is 6.08 Å². The zero-order valence-corrected chi connectivity index (χ0v) is 7.29. The number of carbonyl (C=O) groups excluding carboxylic acids is 1. The van der Waals surface area contributed by atoms with E-state index in [1.807, 2.05) is 6.92 Å². The Labute approximate surface area is 72.7 Å². The van der Waals surface area contributed by atoms with Gasteiger partial charge in [0.2, 0.25) is 0 Å². The van der Waals surface area contributed by atoms with Crippen LogP contribution >= 0.6 is 0 Å². The van der Waals surface area contributed by atoms with Crippen LogP contribution in [0.15, 0.2) is 25.3 Å². The number of esters is 1. The van der Waals surface area contributed by atoms with Crippen LogP contribution in [0.1, 0.15) is 6.92 Å². The van der Waals surface area contributed by atoms with Crippen LogP contribution in [-0.4, -0.2) is 25.3 Å². The second-order valence-corrected chi connectivity index (χ2v) is 2.18. The van der Waals surface area contributed by atoms with Crippen molar-refractivity contribution in [3.8, 4) is 0 Å². The lowest BCUT2D eigenvalue weighted by Crippen LogP contribution is -2.12. The van der Waals surface area contributed by atoms with E-state index in [9.17, 15) is 4.79 Å². The Kier molecular flexibility index (Phi) is 6.01. The third-order valence-electron chi connectivity index (χ3n) is 1.21. The molecule has 0 spiro atoms. The van der Waals surface area contributed by atoms with E-state index in [-0.39, 0.29) is 12.7 Å². The Hall–Kier alpha value is -1.09. The molecule has 1 unspecified atom stereocenters. The van der Waals surface area contributed by atoms with E-state index in [0.29, 0.717) is 6.61 Å². The molecule has 3 nitrogen and oxygen atoms in total. The molecule has 0 bridgehead atoms. The summed E-state index contributed by atoms with van der Waals surface area (Å²) in [5.74, 6) is -0.426. The topological polar surface area (TPSA) is 35.5 Å². The minimum absolute atomic E-state index is 0.00701. The van der Waals surface area contributed by atoms with Crippen LogP contribution < -0.4 is 0 Å². The maximum absolute atomic E-state index is 10.5. The average molecular weight is 170 g/mol. The largest absolute Gasteiger partial charge is 0.460 e. The fourth-order valence-electron chi connectivity index (χ4n) is 0.503. The summed E-state index contributed by atoms with van der Waals surface area (Å²) in [6.45, 7) is 9.30. The van der Waals surface area contributed by atoms with Crippen molar-refractivity contribution in [2.75, 3.05) is 13.2 Å². The minimum Gasteiger partial charge on any atom is -0.460 e. The van der Waals surface area contributed by atoms with Gasteiger partial charge in [-0.25, -0.2) is 4.79 Å². The molecule has 1 atom stereocenters. The van der Waals surface area contributed by atoms with Crippen molar-refractivity contribution in [2.45, 2.75) is 13.0 Å². The van der Waals surface area contributed by atoms with E-state index < -0.39 is 5.97 Å². The van der Waals surface area contributed by atoms with Gasteiger partial charge in [-0.15, -0.1) is 6.58 Å². The highest BCUT2D eigenvalue weighted by atomic mass is 16.6. The molecule has 0 amide bonds. The summed E-state index contributed by atoms with van der Waals surface area (Å²) in [6, 6.07) is 0. The molecule has 0 rings (SSSR count). The molecule has 3 heteroatoms. The molecule has 0 saturated heterocycles. The number of hydrogen-bond acceptors (Lipinski definition) is 3. The molecule has 0 fully saturated rings. The maximum atomic E-state index is 10.5. The predicted molar refractivity (Wildman–Crippen MR) is 46.8 cm³/mol. The number of carbonyl (C=O) groups is 1. The standard InChI is InChI=1S/C9H14O3/c1-4-8(3)11-6-7-12-9(10)5-2/h4-5,8H,1-2,6-7H2,3H3. The van der Waals surface area contributed by atoms with Gasteiger partial charge in [-0.1, -0.05) is 12.7 Å². The van der Waals surface area contributed by atoms with Crippen molar-refractivity contribution in [1.82, 2.24) is 0 Å². The van der Waals surface area contributed by atoms with Crippen LogP contribution in [-0.2, 0) is 14.3 Å². The van der Waals surface area contributed by atoms with Crippen molar-refractivity contribution in [3.63, 3.8) is 0 Å². The fourth-order valence-corrected chi connectivity index (χ4v) is 0.503. The summed E-state index contributed by atoms with van der Waals surface area (Å²) in [6.07, 6.45) is 2.79. The third kappa shape index (κ3) is 5.68. The maximum Gasteiger partial charge on any atom is 0.330 e. The fraction of sp³-hybridized carbons (Fsp3) is 0.444. The van der Waals surface area contributed by atoms with Gasteiger partial charge in [-0.3, -0.25) is 0 Å². The summed E-state index contributed by atoms with van der Waals surface area (Å²) >= 11 is 0. The first-order valence-electron chi connectivity index (χ1n) is 3.74. The van der Waals surface area contributed by atoms with Gasteiger partial charge < -0.3 is 9.47 Å². The molecule has 0 N–H and O–H groups in total. The number of rotatable bonds is 6. The molecule has 12 heavy (non-hydrogen) atoms. The lowest BCUT2D eigenvalue weighted by atomic mass is 10.4. The smallest absolute Gasteiger partial charge is 0.330 e. The molecule has 0 aromatic heterocycles. The zero-order chi connectivity index (χ0) is 9.40. The summed E-state index contributed by atoms with van der Waals surface area (Å²) in [5.41, 5.74) is 0. The highest BCUT2D eigenvalue weighted by molar-refractivity contribution is 5.81. The Bertz CT molecular complexity index is 163. The predicted octanol–water partition coefficient (Wildman–Crippen LogP) is 1.31. The van der Waals surface area contributed by atoms with Gasteiger partial charge in [0.05, 0.1) is 12.7 Å². The highest BCUT2D eigenvalue weighted by Gasteiger charge is 1.97. The van der Waals surface area contributed by atoms with Crippen molar-refractivity contribution >= 4 is 5.97 Å². The van der Waals surface area contributed by atoms with Crippen molar-refractivity contribution in [1.29, 1.82) is 0 Å². The van der Waals surface area contributed by atoms with Crippen LogP contribution in [0.5, 0.6) is 0 Å². The molecule has 0 aliphatic heterocycles. The third-order valence-corrected chi connectivity index (χ3v) is 1.21. The molecule has 0 heterocycles. The van der Waals surface area contributed by atoms with E-state index in [1.54, 1.807) is 6.08 Å². The van der Waals surface area contributed by atoms with Gasteiger partial charge >= 0.3 is 5.97 Å². The first kappa shape index (κ1) is 10.9. The minimum atomic E-state index is -0.426. The Morgan fingerprint density at radius 1 is 1.50 bits per heavy atom. The van der Waals surface area contributed by atoms with Gasteiger partial charge in [0.25, 0.3) is 0 Å². The van der Waals surface area contributed by atoms with Crippen molar-refractivity contribution < 1.29 is 14.3 Å². The van der Waals surface area contributed by atoms with Gasteiger partial charge in [0.1, 0.15) is 6.61 Å². The molecule has 0 aliphatic carbocycles. The lowest BCUT2D eigenvalue weighted by Gasteiger charge is -2.07. The first-order chi connectivity index (χ1) is 5.70. The van der Waals surface area contributed by atoms with Crippen molar-refractivity contribution in [3.05, 3.63) is 25.3 Å². The van der Waals surface area contributed by atoms with Crippen LogP contribution in [0.4, 0.5) is 0 Å². The Morgan fingerprint density at radius 3 is 2.67 bits per heavy atom. The molecule has 0 saturated carbocycles. The summed E-state index contributed by atoms with van der Waals surface area (Å²) in [7, 11) is 0. The van der Waals surface area contributed by atoms with Gasteiger partial charge in [0, 0.05) is 6.08 Å². The summed E-state index contributed by atoms with van der Waals surface area (Å²) in [4.78, 5) is 10.5. The zero-order valence-electron chi connectivity index (χ0n) is 7.29. The highest BCUT2D eigenvalue weighted by Crippen LogP contribution is 1.90. The van der Waals surface area contributed by atoms with E-state index in [2.05, 4.69) is 17.9 Å². The van der Waals surface area contributed by atoms with E-state index >= 15 is 0 Å². The molecule has 0 radical (unpaired) electrons. The first-order valence-corrected chi connectivity index (χ1v) is 3.74. The van der Waals surface area contributed by atoms with E-state index in [1.165, 1.54) is 0 Å². The van der Waals surface area contributed by atoms with Gasteiger partial charge in [-0.2, -0.15) is 0 Å². The molecular weight excluding hydrogens is 156 g/mol. The van der Waals surface area contributed by atoms with E-state index in [4.69, 9.17) is 4.74 Å². The quantitative estimate of drug-likeness (QED) is 0.261. The second-order valence-electron chi connectivity index (χ2n) is 2.18. The molecule has 0 aromatic carbocycles.